The zero-order chi connectivity index (χ0) is 12.9. The summed E-state index contributed by atoms with van der Waals surface area (Å²) in [7, 11) is 2.09. The zero-order valence-corrected chi connectivity index (χ0v) is 12.3. The molecule has 1 aliphatic heterocycles. The Balaban J connectivity index is 2.86. The lowest BCUT2D eigenvalue weighted by Crippen LogP contribution is -2.59. The van der Waals surface area contributed by atoms with Crippen LogP contribution in [0, 0.1) is 0 Å². The van der Waals surface area contributed by atoms with Gasteiger partial charge in [0.05, 0.1) is 0 Å². The van der Waals surface area contributed by atoms with Crippen molar-refractivity contribution in [3.63, 3.8) is 0 Å². The van der Waals surface area contributed by atoms with E-state index in [1.807, 2.05) is 0 Å². The van der Waals surface area contributed by atoms with Crippen LogP contribution in [0.25, 0.3) is 0 Å². The van der Waals surface area contributed by atoms with Gasteiger partial charge in [0.25, 0.3) is 0 Å². The molecule has 0 spiro atoms. The van der Waals surface area contributed by atoms with E-state index >= 15 is 0 Å². The van der Waals surface area contributed by atoms with Crippen LogP contribution in [-0.2, 0) is 0 Å². The van der Waals surface area contributed by atoms with E-state index in [4.69, 9.17) is 0 Å². The Morgan fingerprint density at radius 3 is 2.29 bits per heavy atom. The number of rotatable bonds is 5. The van der Waals surface area contributed by atoms with Gasteiger partial charge in [-0.2, -0.15) is 0 Å². The van der Waals surface area contributed by atoms with Crippen LogP contribution in [0.2, 0.25) is 0 Å². The number of likely N-dealkylation sites (N-methyl/N-ethyl adjacent to an activating group) is 1. The lowest BCUT2D eigenvalue weighted by Gasteiger charge is -2.47. The molecule has 2 nitrogen and oxygen atoms in total. The summed E-state index contributed by atoms with van der Waals surface area (Å²) in [5.74, 6) is 0. The highest BCUT2D eigenvalue weighted by atomic mass is 15.2. The summed E-state index contributed by atoms with van der Waals surface area (Å²) in [6.45, 7) is 11.6. The Morgan fingerprint density at radius 2 is 1.88 bits per heavy atom. The van der Waals surface area contributed by atoms with Crippen LogP contribution in [0.3, 0.4) is 0 Å². The predicted octanol–water partition coefficient (Wildman–Crippen LogP) is 3.20. The molecule has 0 aromatic carbocycles. The van der Waals surface area contributed by atoms with Crippen LogP contribution in [0.5, 0.6) is 0 Å². The van der Waals surface area contributed by atoms with Gasteiger partial charge in [-0.3, -0.25) is 4.90 Å². The van der Waals surface area contributed by atoms with Gasteiger partial charge in [-0.15, -0.1) is 0 Å². The van der Waals surface area contributed by atoms with Gasteiger partial charge in [0, 0.05) is 11.6 Å². The first-order valence-corrected chi connectivity index (χ1v) is 7.12. The Morgan fingerprint density at radius 1 is 1.29 bits per heavy atom. The van der Waals surface area contributed by atoms with Gasteiger partial charge in [-0.1, -0.05) is 25.0 Å². The molecule has 1 rings (SSSR count). The molecule has 17 heavy (non-hydrogen) atoms. The smallest absolute Gasteiger partial charge is 0.0433 e. The van der Waals surface area contributed by atoms with Crippen LogP contribution < -0.4 is 5.32 Å². The second-order valence-electron chi connectivity index (χ2n) is 5.77. The minimum Gasteiger partial charge on any atom is -0.312 e. The summed E-state index contributed by atoms with van der Waals surface area (Å²) in [5.41, 5.74) is 1.66. The Kier molecular flexibility index (Phi) is 5.68. The van der Waals surface area contributed by atoms with Crippen LogP contribution in [-0.4, -0.2) is 36.6 Å². The summed E-state index contributed by atoms with van der Waals surface area (Å²) in [4.78, 5) is 2.69. The number of hydrogen-bond donors (Lipinski definition) is 1. The highest BCUT2D eigenvalue weighted by Crippen LogP contribution is 2.28. The lowest BCUT2D eigenvalue weighted by atomic mass is 9.84. The van der Waals surface area contributed by atoms with Gasteiger partial charge in [0.1, 0.15) is 0 Å². The predicted molar refractivity (Wildman–Crippen MR) is 76.4 cm³/mol. The van der Waals surface area contributed by atoms with E-state index in [0.29, 0.717) is 6.04 Å². The minimum absolute atomic E-state index is 0.256. The van der Waals surface area contributed by atoms with Gasteiger partial charge in [-0.05, 0) is 60.2 Å². The number of nitrogens with one attached hydrogen (secondary N) is 1. The second kappa shape index (κ2) is 6.55. The fourth-order valence-corrected chi connectivity index (χ4v) is 2.95. The summed E-state index contributed by atoms with van der Waals surface area (Å²) in [5, 5.41) is 3.50. The van der Waals surface area contributed by atoms with Gasteiger partial charge < -0.3 is 5.32 Å². The number of hydrogen-bond acceptors (Lipinski definition) is 2. The van der Waals surface area contributed by atoms with E-state index in [0.717, 1.165) is 0 Å². The van der Waals surface area contributed by atoms with Crippen molar-refractivity contribution in [2.75, 3.05) is 20.1 Å². The van der Waals surface area contributed by atoms with Crippen molar-refractivity contribution < 1.29 is 0 Å². The van der Waals surface area contributed by atoms with E-state index in [1.54, 1.807) is 0 Å². The third kappa shape index (κ3) is 3.56. The Hall–Kier alpha value is -0.340. The average molecular weight is 238 g/mol. The SMILES string of the molecule is CCC(C)(C(C=C(C)C)NC)N1CCCCC1. The van der Waals surface area contributed by atoms with E-state index in [-0.39, 0.29) is 5.54 Å². The van der Waals surface area contributed by atoms with E-state index < -0.39 is 0 Å². The molecule has 100 valence electrons. The molecule has 0 aliphatic carbocycles. The molecule has 0 bridgehead atoms. The van der Waals surface area contributed by atoms with Gasteiger partial charge in [-0.25, -0.2) is 0 Å². The Labute approximate surface area is 107 Å². The first-order valence-electron chi connectivity index (χ1n) is 7.12. The van der Waals surface area contributed by atoms with Crippen LogP contribution >= 0.6 is 0 Å². The van der Waals surface area contributed by atoms with Gasteiger partial charge in [0.15, 0.2) is 0 Å². The minimum atomic E-state index is 0.256. The molecule has 1 saturated heterocycles. The maximum Gasteiger partial charge on any atom is 0.0433 e. The summed E-state index contributed by atoms with van der Waals surface area (Å²) in [6, 6.07) is 0.454. The topological polar surface area (TPSA) is 15.3 Å². The zero-order valence-electron chi connectivity index (χ0n) is 12.3. The molecule has 2 atom stereocenters. The summed E-state index contributed by atoms with van der Waals surface area (Å²) in [6.07, 6.45) is 7.71. The standard InChI is InChI=1S/C15H30N2/c1-6-15(4,14(16-5)12-13(2)3)17-10-8-7-9-11-17/h12,14,16H,6-11H2,1-5H3. The number of nitrogens with zero attached hydrogens (tertiary/aromatic N) is 1. The lowest BCUT2D eigenvalue weighted by molar-refractivity contribution is 0.0583. The molecule has 2 heteroatoms. The Bertz CT molecular complexity index is 250. The quantitative estimate of drug-likeness (QED) is 0.740. The normalized spacial score (nSPS) is 22.9. The van der Waals surface area contributed by atoms with Crippen LogP contribution in [0.15, 0.2) is 11.6 Å². The van der Waals surface area contributed by atoms with Crippen molar-refractivity contribution in [2.24, 2.45) is 0 Å². The van der Waals surface area contributed by atoms with Crippen molar-refractivity contribution in [1.82, 2.24) is 10.2 Å². The van der Waals surface area contributed by atoms with Gasteiger partial charge >= 0.3 is 0 Å². The molecule has 1 heterocycles. The molecule has 0 amide bonds. The number of likely N-dealkylation sites (tertiary alicyclic amines) is 1. The van der Waals surface area contributed by atoms with Crippen molar-refractivity contribution >= 4 is 0 Å². The summed E-state index contributed by atoms with van der Waals surface area (Å²) >= 11 is 0. The van der Waals surface area contributed by atoms with Crippen molar-refractivity contribution in [3.8, 4) is 0 Å². The number of piperidine rings is 1. The molecule has 0 saturated carbocycles. The van der Waals surface area contributed by atoms with Crippen LogP contribution in [0.4, 0.5) is 0 Å². The maximum absolute atomic E-state index is 3.50. The number of allylic oxidation sites excluding steroid dienone is 1. The molecular formula is C15H30N2. The highest BCUT2D eigenvalue weighted by molar-refractivity contribution is 5.11. The molecule has 0 aromatic rings. The van der Waals surface area contributed by atoms with Crippen molar-refractivity contribution in [3.05, 3.63) is 11.6 Å². The molecule has 2 unspecified atom stereocenters. The van der Waals surface area contributed by atoms with E-state index in [2.05, 4.69) is 51.0 Å². The fourth-order valence-electron chi connectivity index (χ4n) is 2.95. The third-order valence-electron chi connectivity index (χ3n) is 4.28. The molecule has 0 aromatic heterocycles. The molecule has 0 radical (unpaired) electrons. The molecule has 1 N–H and O–H groups in total. The van der Waals surface area contributed by atoms with Gasteiger partial charge in [0.2, 0.25) is 0 Å². The van der Waals surface area contributed by atoms with Crippen LogP contribution in [0.1, 0.15) is 53.4 Å². The van der Waals surface area contributed by atoms with Crippen molar-refractivity contribution in [1.29, 1.82) is 0 Å². The molecular weight excluding hydrogens is 208 g/mol. The monoisotopic (exact) mass is 238 g/mol. The molecule has 1 aliphatic rings. The van der Waals surface area contributed by atoms with Crippen molar-refractivity contribution in [2.45, 2.75) is 65.0 Å². The first kappa shape index (κ1) is 14.7. The van der Waals surface area contributed by atoms with E-state index in [9.17, 15) is 0 Å². The average Bonchev–Trinajstić information content (AvgIpc) is 2.35. The largest absolute Gasteiger partial charge is 0.312 e. The maximum atomic E-state index is 3.50. The first-order chi connectivity index (χ1) is 8.04. The fraction of sp³-hybridized carbons (Fsp3) is 0.867. The third-order valence-corrected chi connectivity index (χ3v) is 4.28. The highest BCUT2D eigenvalue weighted by Gasteiger charge is 2.36. The van der Waals surface area contributed by atoms with E-state index in [1.165, 1.54) is 44.3 Å². The molecule has 1 fully saturated rings. The second-order valence-corrected chi connectivity index (χ2v) is 5.77. The summed E-state index contributed by atoms with van der Waals surface area (Å²) < 4.78 is 0.